The first-order valence-electron chi connectivity index (χ1n) is 8.72. The number of piperazine rings is 1. The van der Waals surface area contributed by atoms with Crippen LogP contribution in [0.15, 0.2) is 35.0 Å². The van der Waals surface area contributed by atoms with Gasteiger partial charge in [-0.3, -0.25) is 14.6 Å². The zero-order valence-corrected chi connectivity index (χ0v) is 14.9. The predicted molar refractivity (Wildman–Crippen MR) is 94.4 cm³/mol. The van der Waals surface area contributed by atoms with Gasteiger partial charge in [-0.2, -0.15) is 0 Å². The SMILES string of the molecule is CC(C)c1cc(C(=O)N2CCNCC2C(=O)NCc2ccccn2)no1. The molecule has 3 heterocycles. The molecule has 1 fully saturated rings. The van der Waals surface area contributed by atoms with Crippen molar-refractivity contribution < 1.29 is 14.1 Å². The highest BCUT2D eigenvalue weighted by Gasteiger charge is 2.34. The number of nitrogens with one attached hydrogen (secondary N) is 2. The largest absolute Gasteiger partial charge is 0.360 e. The van der Waals surface area contributed by atoms with Crippen LogP contribution in [0.25, 0.3) is 0 Å². The monoisotopic (exact) mass is 357 g/mol. The summed E-state index contributed by atoms with van der Waals surface area (Å²) >= 11 is 0. The molecule has 1 aliphatic rings. The standard InChI is InChI=1S/C18H23N5O3/c1-12(2)16-9-14(22-26-16)18(25)23-8-7-19-11-15(23)17(24)21-10-13-5-3-4-6-20-13/h3-6,9,12,15,19H,7-8,10-11H2,1-2H3,(H,21,24). The number of aromatic nitrogens is 2. The van der Waals surface area contributed by atoms with E-state index in [2.05, 4.69) is 20.8 Å². The highest BCUT2D eigenvalue weighted by atomic mass is 16.5. The van der Waals surface area contributed by atoms with Crippen LogP contribution in [0, 0.1) is 0 Å². The van der Waals surface area contributed by atoms with Gasteiger partial charge in [0.05, 0.1) is 12.2 Å². The predicted octanol–water partition coefficient (Wildman–Crippen LogP) is 0.923. The third-order valence-electron chi connectivity index (χ3n) is 4.29. The van der Waals surface area contributed by atoms with Gasteiger partial charge in [-0.1, -0.05) is 25.1 Å². The van der Waals surface area contributed by atoms with Crippen LogP contribution >= 0.6 is 0 Å². The van der Waals surface area contributed by atoms with Crippen molar-refractivity contribution in [3.8, 4) is 0 Å². The zero-order valence-electron chi connectivity index (χ0n) is 14.9. The van der Waals surface area contributed by atoms with Crippen LogP contribution in [0.1, 0.15) is 41.7 Å². The first kappa shape index (κ1) is 18.1. The summed E-state index contributed by atoms with van der Waals surface area (Å²) in [6.45, 7) is 5.71. The molecular weight excluding hydrogens is 334 g/mol. The minimum absolute atomic E-state index is 0.143. The van der Waals surface area contributed by atoms with E-state index in [0.717, 1.165) is 5.69 Å². The quantitative estimate of drug-likeness (QED) is 0.825. The lowest BCUT2D eigenvalue weighted by atomic mass is 10.1. The van der Waals surface area contributed by atoms with Crippen molar-refractivity contribution >= 4 is 11.8 Å². The van der Waals surface area contributed by atoms with Crippen LogP contribution in [-0.2, 0) is 11.3 Å². The van der Waals surface area contributed by atoms with E-state index in [1.165, 1.54) is 0 Å². The maximum absolute atomic E-state index is 12.8. The Kier molecular flexibility index (Phi) is 5.62. The van der Waals surface area contributed by atoms with Gasteiger partial charge in [-0.25, -0.2) is 0 Å². The molecule has 1 unspecified atom stereocenters. The Morgan fingerprint density at radius 3 is 2.96 bits per heavy atom. The second-order valence-electron chi connectivity index (χ2n) is 6.53. The average Bonchev–Trinajstić information content (AvgIpc) is 3.17. The van der Waals surface area contributed by atoms with Crippen molar-refractivity contribution in [1.29, 1.82) is 0 Å². The molecule has 1 atom stereocenters. The number of hydrogen-bond donors (Lipinski definition) is 2. The number of nitrogens with zero attached hydrogens (tertiary/aromatic N) is 3. The third kappa shape index (κ3) is 4.08. The van der Waals surface area contributed by atoms with Crippen LogP contribution < -0.4 is 10.6 Å². The summed E-state index contributed by atoms with van der Waals surface area (Å²) in [7, 11) is 0. The summed E-state index contributed by atoms with van der Waals surface area (Å²) in [5.41, 5.74) is 0.999. The molecule has 2 aromatic rings. The van der Waals surface area contributed by atoms with E-state index in [1.54, 1.807) is 17.2 Å². The smallest absolute Gasteiger partial charge is 0.276 e. The van der Waals surface area contributed by atoms with Crippen molar-refractivity contribution in [2.45, 2.75) is 32.4 Å². The Labute approximate surface area is 151 Å². The van der Waals surface area contributed by atoms with E-state index >= 15 is 0 Å². The number of carbonyl (C=O) groups is 2. The average molecular weight is 357 g/mol. The molecule has 138 valence electrons. The van der Waals surface area contributed by atoms with Gasteiger partial charge >= 0.3 is 0 Å². The Morgan fingerprint density at radius 1 is 1.42 bits per heavy atom. The van der Waals surface area contributed by atoms with Gasteiger partial charge in [0.15, 0.2) is 5.69 Å². The third-order valence-corrected chi connectivity index (χ3v) is 4.29. The molecule has 3 rings (SSSR count). The van der Waals surface area contributed by atoms with Crippen molar-refractivity contribution in [2.75, 3.05) is 19.6 Å². The lowest BCUT2D eigenvalue weighted by Gasteiger charge is -2.34. The summed E-state index contributed by atoms with van der Waals surface area (Å²) in [4.78, 5) is 31.2. The Balaban J connectivity index is 1.68. The summed E-state index contributed by atoms with van der Waals surface area (Å²) in [6, 6.07) is 6.58. The summed E-state index contributed by atoms with van der Waals surface area (Å²) in [5, 5.41) is 9.88. The molecule has 0 aromatic carbocycles. The molecule has 8 heteroatoms. The molecule has 2 N–H and O–H groups in total. The van der Waals surface area contributed by atoms with Gasteiger partial charge in [-0.15, -0.1) is 0 Å². The molecule has 2 aromatic heterocycles. The molecule has 26 heavy (non-hydrogen) atoms. The van der Waals surface area contributed by atoms with Gasteiger partial charge in [0.1, 0.15) is 11.8 Å². The van der Waals surface area contributed by atoms with Gasteiger partial charge in [0.2, 0.25) is 5.91 Å². The van der Waals surface area contributed by atoms with Crippen molar-refractivity contribution in [3.63, 3.8) is 0 Å². The number of carbonyl (C=O) groups excluding carboxylic acids is 2. The topological polar surface area (TPSA) is 100 Å². The minimum atomic E-state index is -0.598. The fraction of sp³-hybridized carbons (Fsp3) is 0.444. The lowest BCUT2D eigenvalue weighted by Crippen LogP contribution is -2.59. The fourth-order valence-corrected chi connectivity index (χ4v) is 2.79. The molecule has 0 bridgehead atoms. The molecule has 1 aliphatic heterocycles. The summed E-state index contributed by atoms with van der Waals surface area (Å²) in [6.07, 6.45) is 1.68. The number of amides is 2. The Hall–Kier alpha value is -2.74. The maximum atomic E-state index is 12.8. The van der Waals surface area contributed by atoms with E-state index in [9.17, 15) is 9.59 Å². The first-order valence-corrected chi connectivity index (χ1v) is 8.72. The maximum Gasteiger partial charge on any atom is 0.276 e. The molecule has 8 nitrogen and oxygen atoms in total. The molecule has 0 spiro atoms. The van der Waals surface area contributed by atoms with E-state index in [0.29, 0.717) is 31.9 Å². The van der Waals surface area contributed by atoms with Crippen LogP contribution in [-0.4, -0.2) is 52.5 Å². The van der Waals surface area contributed by atoms with E-state index in [1.807, 2.05) is 32.0 Å². The second-order valence-corrected chi connectivity index (χ2v) is 6.53. The van der Waals surface area contributed by atoms with E-state index < -0.39 is 6.04 Å². The zero-order chi connectivity index (χ0) is 18.5. The molecule has 1 saturated heterocycles. The van der Waals surface area contributed by atoms with E-state index in [-0.39, 0.29) is 23.4 Å². The first-order chi connectivity index (χ1) is 12.6. The molecule has 0 radical (unpaired) electrons. The Bertz CT molecular complexity index is 759. The fourth-order valence-electron chi connectivity index (χ4n) is 2.79. The molecular formula is C18H23N5O3. The van der Waals surface area contributed by atoms with Gasteiger partial charge in [0.25, 0.3) is 5.91 Å². The van der Waals surface area contributed by atoms with Crippen LogP contribution in [0.3, 0.4) is 0 Å². The Morgan fingerprint density at radius 2 is 2.27 bits per heavy atom. The normalized spacial score (nSPS) is 17.3. The number of hydrogen-bond acceptors (Lipinski definition) is 6. The number of pyridine rings is 1. The van der Waals surface area contributed by atoms with Gasteiger partial charge in [0, 0.05) is 37.8 Å². The highest BCUT2D eigenvalue weighted by Crippen LogP contribution is 2.17. The minimum Gasteiger partial charge on any atom is -0.360 e. The van der Waals surface area contributed by atoms with Crippen LogP contribution in [0.2, 0.25) is 0 Å². The molecule has 0 aliphatic carbocycles. The van der Waals surface area contributed by atoms with Gasteiger partial charge < -0.3 is 20.1 Å². The van der Waals surface area contributed by atoms with Crippen molar-refractivity contribution in [3.05, 3.63) is 47.6 Å². The van der Waals surface area contributed by atoms with Crippen molar-refractivity contribution in [1.82, 2.24) is 25.7 Å². The lowest BCUT2D eigenvalue weighted by molar-refractivity contribution is -0.126. The summed E-state index contributed by atoms with van der Waals surface area (Å²) in [5.74, 6) is 0.285. The van der Waals surface area contributed by atoms with Crippen LogP contribution in [0.4, 0.5) is 0 Å². The van der Waals surface area contributed by atoms with Crippen molar-refractivity contribution in [2.24, 2.45) is 0 Å². The highest BCUT2D eigenvalue weighted by molar-refractivity contribution is 5.96. The van der Waals surface area contributed by atoms with Crippen LogP contribution in [0.5, 0.6) is 0 Å². The molecule has 2 amide bonds. The van der Waals surface area contributed by atoms with E-state index in [4.69, 9.17) is 4.52 Å². The second kappa shape index (κ2) is 8.09. The molecule has 0 saturated carbocycles. The number of rotatable bonds is 5. The van der Waals surface area contributed by atoms with Gasteiger partial charge in [-0.05, 0) is 12.1 Å². The summed E-state index contributed by atoms with van der Waals surface area (Å²) < 4.78 is 5.22.